The van der Waals surface area contributed by atoms with E-state index in [1.165, 1.54) is 63.1 Å². The lowest BCUT2D eigenvalue weighted by Gasteiger charge is -2.18. The summed E-state index contributed by atoms with van der Waals surface area (Å²) in [6, 6.07) is -2.10. The first-order chi connectivity index (χ1) is 16.2. The van der Waals surface area contributed by atoms with Crippen molar-refractivity contribution in [1.82, 2.24) is 10.6 Å². The molecule has 2 amide bonds. The maximum atomic E-state index is 12.3. The van der Waals surface area contributed by atoms with Crippen LogP contribution in [0.4, 0.5) is 0 Å². The summed E-state index contributed by atoms with van der Waals surface area (Å²) in [7, 11) is 0. The van der Waals surface area contributed by atoms with Crippen LogP contribution in [0.15, 0.2) is 12.2 Å². The van der Waals surface area contributed by atoms with Gasteiger partial charge in [-0.1, -0.05) is 70.4 Å². The Kier molecular flexibility index (Phi) is 19.1. The fourth-order valence-electron chi connectivity index (χ4n) is 3.22. The maximum Gasteiger partial charge on any atom is 0.322 e. The SMILES string of the molecule is C=C(CCCCCCCCCCC)CSC[C@H](NC(=O)CC[C@H](N)C(=O)O)C(=O)NCC(=O)O. The van der Waals surface area contributed by atoms with Gasteiger partial charge in [-0.3, -0.25) is 19.2 Å². The number of carboxylic acids is 2. The summed E-state index contributed by atoms with van der Waals surface area (Å²) < 4.78 is 0. The van der Waals surface area contributed by atoms with Gasteiger partial charge in [0.25, 0.3) is 0 Å². The van der Waals surface area contributed by atoms with E-state index in [0.29, 0.717) is 5.75 Å². The third-order valence-corrected chi connectivity index (χ3v) is 6.47. The molecule has 0 bridgehead atoms. The van der Waals surface area contributed by atoms with Crippen LogP contribution < -0.4 is 16.4 Å². The summed E-state index contributed by atoms with van der Waals surface area (Å²) in [5.41, 5.74) is 6.47. The number of carbonyl (C=O) groups is 4. The second-order valence-electron chi connectivity index (χ2n) is 8.56. The molecule has 0 fully saturated rings. The van der Waals surface area contributed by atoms with Crippen molar-refractivity contribution in [3.8, 4) is 0 Å². The van der Waals surface area contributed by atoms with Crippen molar-refractivity contribution in [2.75, 3.05) is 18.1 Å². The number of unbranched alkanes of at least 4 members (excludes halogenated alkanes) is 8. The van der Waals surface area contributed by atoms with E-state index >= 15 is 0 Å². The zero-order valence-electron chi connectivity index (χ0n) is 20.5. The highest BCUT2D eigenvalue weighted by atomic mass is 32.2. The number of thioether (sulfide) groups is 1. The monoisotopic (exact) mass is 501 g/mol. The van der Waals surface area contributed by atoms with E-state index in [9.17, 15) is 19.2 Å². The standard InChI is InChI=1S/C24H43N3O6S/c1-3-4-5-6-7-8-9-10-11-12-18(2)16-34-17-20(23(31)26-15-22(29)30)27-21(28)14-13-19(25)24(32)33/h19-20H,2-17,25H2,1H3,(H,26,31)(H,27,28)(H,29,30)(H,32,33)/t19-,20-/m0/s1. The highest BCUT2D eigenvalue weighted by Crippen LogP contribution is 2.16. The lowest BCUT2D eigenvalue weighted by atomic mass is 10.1. The van der Waals surface area contributed by atoms with E-state index in [1.54, 1.807) is 0 Å². The first-order valence-electron chi connectivity index (χ1n) is 12.2. The van der Waals surface area contributed by atoms with Gasteiger partial charge in [-0.25, -0.2) is 0 Å². The number of nitrogens with two attached hydrogens (primary N) is 1. The Hall–Kier alpha value is -2.07. The quantitative estimate of drug-likeness (QED) is 0.112. The molecule has 34 heavy (non-hydrogen) atoms. The third-order valence-electron chi connectivity index (χ3n) is 5.29. The van der Waals surface area contributed by atoms with E-state index in [2.05, 4.69) is 24.1 Å². The van der Waals surface area contributed by atoms with E-state index in [4.69, 9.17) is 15.9 Å². The number of hydrogen-bond donors (Lipinski definition) is 5. The molecule has 0 unspecified atom stereocenters. The van der Waals surface area contributed by atoms with Crippen LogP contribution in [0.3, 0.4) is 0 Å². The van der Waals surface area contributed by atoms with Crippen molar-refractivity contribution < 1.29 is 29.4 Å². The minimum atomic E-state index is -1.20. The van der Waals surface area contributed by atoms with Gasteiger partial charge in [0.05, 0.1) is 0 Å². The summed E-state index contributed by atoms with van der Waals surface area (Å²) in [6.07, 6.45) is 12.0. The Balaban J connectivity index is 4.30. The molecule has 0 aliphatic carbocycles. The van der Waals surface area contributed by atoms with Crippen molar-refractivity contribution in [1.29, 1.82) is 0 Å². The molecule has 0 radical (unpaired) electrons. The number of carbonyl (C=O) groups excluding carboxylic acids is 2. The van der Waals surface area contributed by atoms with E-state index in [0.717, 1.165) is 18.4 Å². The molecule has 0 spiro atoms. The normalized spacial score (nSPS) is 12.5. The van der Waals surface area contributed by atoms with Gasteiger partial charge in [0.2, 0.25) is 11.8 Å². The van der Waals surface area contributed by atoms with Crippen molar-refractivity contribution >= 4 is 35.5 Å². The number of nitrogens with one attached hydrogen (secondary N) is 2. The molecule has 0 aromatic carbocycles. The fraction of sp³-hybridized carbons (Fsp3) is 0.750. The average Bonchev–Trinajstić information content (AvgIpc) is 2.79. The largest absolute Gasteiger partial charge is 0.480 e. The van der Waals surface area contributed by atoms with Gasteiger partial charge >= 0.3 is 11.9 Å². The molecule has 0 aromatic rings. The Morgan fingerprint density at radius 2 is 1.53 bits per heavy atom. The molecule has 6 N–H and O–H groups in total. The molecule has 0 aliphatic heterocycles. The second kappa shape index (κ2) is 20.3. The third kappa shape index (κ3) is 18.4. The summed E-state index contributed by atoms with van der Waals surface area (Å²) in [5, 5.41) is 22.4. The number of carboxylic acid groups (broad SMARTS) is 2. The predicted octanol–water partition coefficient (Wildman–Crippen LogP) is 3.07. The van der Waals surface area contributed by atoms with Crippen molar-refractivity contribution in [2.45, 2.75) is 96.1 Å². The van der Waals surface area contributed by atoms with Crippen molar-refractivity contribution in [3.05, 3.63) is 12.2 Å². The molecule has 0 saturated carbocycles. The zero-order chi connectivity index (χ0) is 25.8. The topological polar surface area (TPSA) is 159 Å². The van der Waals surface area contributed by atoms with Gasteiger partial charge in [-0.05, 0) is 19.3 Å². The minimum absolute atomic E-state index is 0.0622. The van der Waals surface area contributed by atoms with Gasteiger partial charge in [0.15, 0.2) is 0 Å². The molecule has 9 nitrogen and oxygen atoms in total. The number of hydrogen-bond acceptors (Lipinski definition) is 6. The number of amides is 2. The molecular formula is C24H43N3O6S. The van der Waals surface area contributed by atoms with Crippen molar-refractivity contribution in [2.24, 2.45) is 5.73 Å². The molecule has 10 heteroatoms. The lowest BCUT2D eigenvalue weighted by molar-refractivity contribution is -0.139. The van der Waals surface area contributed by atoms with Crippen molar-refractivity contribution in [3.63, 3.8) is 0 Å². The van der Waals surface area contributed by atoms with Crippen LogP contribution in [0.2, 0.25) is 0 Å². The van der Waals surface area contributed by atoms with Crippen LogP contribution in [0.1, 0.15) is 84.0 Å². The van der Waals surface area contributed by atoms with Crippen LogP contribution in [-0.2, 0) is 19.2 Å². The van der Waals surface area contributed by atoms with E-state index in [1.807, 2.05) is 0 Å². The zero-order valence-corrected chi connectivity index (χ0v) is 21.3. The Morgan fingerprint density at radius 3 is 2.09 bits per heavy atom. The minimum Gasteiger partial charge on any atom is -0.480 e. The first-order valence-corrected chi connectivity index (χ1v) is 13.3. The average molecular weight is 502 g/mol. The first kappa shape index (κ1) is 31.9. The van der Waals surface area contributed by atoms with Gasteiger partial charge in [0, 0.05) is 17.9 Å². The molecule has 0 heterocycles. The smallest absolute Gasteiger partial charge is 0.322 e. The second-order valence-corrected chi connectivity index (χ2v) is 9.59. The maximum absolute atomic E-state index is 12.3. The van der Waals surface area contributed by atoms with E-state index in [-0.39, 0.29) is 18.6 Å². The van der Waals surface area contributed by atoms with E-state index < -0.39 is 42.4 Å². The van der Waals surface area contributed by atoms with Crippen LogP contribution in [0, 0.1) is 0 Å². The molecule has 0 rings (SSSR count). The Labute approximate surface area is 207 Å². The summed E-state index contributed by atoms with van der Waals surface area (Å²) in [4.78, 5) is 46.0. The van der Waals surface area contributed by atoms with Gasteiger partial charge in [-0.15, -0.1) is 0 Å². The molecule has 0 saturated heterocycles. The van der Waals surface area contributed by atoms with Gasteiger partial charge in [-0.2, -0.15) is 11.8 Å². The summed E-state index contributed by atoms with van der Waals surface area (Å²) in [6.45, 7) is 5.76. The molecule has 0 aliphatic rings. The lowest BCUT2D eigenvalue weighted by Crippen LogP contribution is -2.49. The molecule has 0 aromatic heterocycles. The van der Waals surface area contributed by atoms with Gasteiger partial charge < -0.3 is 26.6 Å². The van der Waals surface area contributed by atoms with Crippen LogP contribution >= 0.6 is 11.8 Å². The predicted molar refractivity (Wildman–Crippen MR) is 136 cm³/mol. The highest BCUT2D eigenvalue weighted by Gasteiger charge is 2.22. The van der Waals surface area contributed by atoms with Gasteiger partial charge in [0.1, 0.15) is 18.6 Å². The molecular weight excluding hydrogens is 458 g/mol. The number of rotatable bonds is 22. The molecule has 196 valence electrons. The fourth-order valence-corrected chi connectivity index (χ4v) is 4.25. The Morgan fingerprint density at radius 1 is 0.941 bits per heavy atom. The summed E-state index contributed by atoms with van der Waals surface area (Å²) >= 11 is 1.44. The molecule has 2 atom stereocenters. The van der Waals surface area contributed by atoms with Crippen LogP contribution in [0.25, 0.3) is 0 Å². The Bertz CT molecular complexity index is 644. The van der Waals surface area contributed by atoms with Crippen LogP contribution in [-0.4, -0.2) is 64.1 Å². The highest BCUT2D eigenvalue weighted by molar-refractivity contribution is 7.99. The number of aliphatic carboxylic acids is 2. The summed E-state index contributed by atoms with van der Waals surface area (Å²) in [5.74, 6) is -2.62. The van der Waals surface area contributed by atoms with Crippen LogP contribution in [0.5, 0.6) is 0 Å².